The third-order valence-electron chi connectivity index (χ3n) is 4.29. The average molecular weight is 285 g/mol. The number of benzene rings is 1. The van der Waals surface area contributed by atoms with Crippen LogP contribution in [-0.2, 0) is 12.8 Å². The summed E-state index contributed by atoms with van der Waals surface area (Å²) in [5.74, 6) is 0.868. The van der Waals surface area contributed by atoms with Gasteiger partial charge in [-0.1, -0.05) is 12.1 Å². The van der Waals surface area contributed by atoms with Crippen molar-refractivity contribution in [1.82, 2.24) is 9.55 Å². The molecule has 4 heteroatoms. The molecule has 2 aromatic rings. The second kappa shape index (κ2) is 5.90. The highest BCUT2D eigenvalue weighted by Crippen LogP contribution is 2.29. The quantitative estimate of drug-likeness (QED) is 0.939. The fourth-order valence-electron chi connectivity index (χ4n) is 3.27. The van der Waals surface area contributed by atoms with Crippen LogP contribution in [0.4, 0.5) is 0 Å². The van der Waals surface area contributed by atoms with Gasteiger partial charge >= 0.3 is 0 Å². The molecule has 2 N–H and O–H groups in total. The second-order valence-electron chi connectivity index (χ2n) is 5.83. The summed E-state index contributed by atoms with van der Waals surface area (Å²) in [4.78, 5) is 4.60. The summed E-state index contributed by atoms with van der Waals surface area (Å²) < 4.78 is 7.62. The lowest BCUT2D eigenvalue weighted by atomic mass is 9.97. The molecule has 0 aliphatic heterocycles. The van der Waals surface area contributed by atoms with E-state index >= 15 is 0 Å². The van der Waals surface area contributed by atoms with Gasteiger partial charge in [-0.25, -0.2) is 4.98 Å². The fraction of sp³-hybridized carbons (Fsp3) is 0.471. The van der Waals surface area contributed by atoms with Gasteiger partial charge in [0.2, 0.25) is 0 Å². The van der Waals surface area contributed by atoms with Gasteiger partial charge in [0.1, 0.15) is 5.75 Å². The summed E-state index contributed by atoms with van der Waals surface area (Å²) in [5, 5.41) is 0. The molecule has 0 amide bonds. The van der Waals surface area contributed by atoms with Gasteiger partial charge in [0.05, 0.1) is 25.2 Å². The zero-order valence-corrected chi connectivity index (χ0v) is 12.7. The van der Waals surface area contributed by atoms with Crippen molar-refractivity contribution >= 4 is 0 Å². The Balaban J connectivity index is 2.03. The first-order valence-corrected chi connectivity index (χ1v) is 7.65. The summed E-state index contributed by atoms with van der Waals surface area (Å²) in [6.45, 7) is 2.05. The Hall–Kier alpha value is -1.81. The normalized spacial score (nSPS) is 17.1. The maximum Gasteiger partial charge on any atom is 0.119 e. The highest BCUT2D eigenvalue weighted by molar-refractivity contribution is 5.33. The predicted molar refractivity (Wildman–Crippen MR) is 83.7 cm³/mol. The molecule has 1 aliphatic rings. The summed E-state index contributed by atoms with van der Waals surface area (Å²) in [5.41, 5.74) is 10.1. The van der Waals surface area contributed by atoms with Crippen molar-refractivity contribution < 1.29 is 4.74 Å². The number of hydrogen-bond donors (Lipinski definition) is 1. The van der Waals surface area contributed by atoms with Crippen molar-refractivity contribution in [3.8, 4) is 5.75 Å². The molecule has 0 fully saturated rings. The molecule has 0 radical (unpaired) electrons. The minimum absolute atomic E-state index is 0.0114. The van der Waals surface area contributed by atoms with Gasteiger partial charge in [-0.3, -0.25) is 0 Å². The van der Waals surface area contributed by atoms with E-state index in [1.165, 1.54) is 29.8 Å². The first-order valence-electron chi connectivity index (χ1n) is 7.65. The third kappa shape index (κ3) is 2.68. The van der Waals surface area contributed by atoms with Crippen molar-refractivity contribution in [3.63, 3.8) is 0 Å². The molecule has 2 atom stereocenters. The number of methoxy groups -OCH3 is 1. The zero-order valence-electron chi connectivity index (χ0n) is 12.7. The number of nitrogens with two attached hydrogens (primary N) is 1. The van der Waals surface area contributed by atoms with Crippen LogP contribution in [0.2, 0.25) is 0 Å². The SMILES string of the molecule is COc1cccc(C(C(C)N)n2cnc3c2CCCC3)c1. The lowest BCUT2D eigenvalue weighted by molar-refractivity contribution is 0.411. The van der Waals surface area contributed by atoms with Gasteiger partial charge in [-0.2, -0.15) is 0 Å². The fourth-order valence-corrected chi connectivity index (χ4v) is 3.27. The predicted octanol–water partition coefficient (Wildman–Crippen LogP) is 2.71. The molecular weight excluding hydrogens is 262 g/mol. The number of aromatic nitrogens is 2. The molecule has 1 heterocycles. The van der Waals surface area contributed by atoms with Crippen molar-refractivity contribution in [3.05, 3.63) is 47.5 Å². The highest BCUT2D eigenvalue weighted by Gasteiger charge is 2.24. The van der Waals surface area contributed by atoms with E-state index in [-0.39, 0.29) is 12.1 Å². The Kier molecular flexibility index (Phi) is 3.97. The summed E-state index contributed by atoms with van der Waals surface area (Å²) in [6, 6.07) is 8.29. The third-order valence-corrected chi connectivity index (χ3v) is 4.29. The Morgan fingerprint density at radius 1 is 1.29 bits per heavy atom. The van der Waals surface area contributed by atoms with Gasteiger partial charge in [-0.15, -0.1) is 0 Å². The Morgan fingerprint density at radius 3 is 2.86 bits per heavy atom. The van der Waals surface area contributed by atoms with Crippen molar-refractivity contribution in [2.45, 2.75) is 44.7 Å². The average Bonchev–Trinajstić information content (AvgIpc) is 2.91. The molecule has 1 aromatic heterocycles. The van der Waals surface area contributed by atoms with Crippen LogP contribution in [0.1, 0.15) is 42.8 Å². The standard InChI is InChI=1S/C17H23N3O/c1-12(18)17(13-6-5-7-14(10-13)21-2)20-11-19-15-8-3-4-9-16(15)20/h5-7,10-12,17H,3-4,8-9,18H2,1-2H3. The minimum atomic E-state index is 0.0114. The van der Waals surface area contributed by atoms with E-state index in [4.69, 9.17) is 10.5 Å². The second-order valence-corrected chi connectivity index (χ2v) is 5.83. The van der Waals surface area contributed by atoms with E-state index < -0.39 is 0 Å². The number of nitrogens with zero attached hydrogens (tertiary/aromatic N) is 2. The molecule has 0 saturated heterocycles. The van der Waals surface area contributed by atoms with Crippen LogP contribution < -0.4 is 10.5 Å². The summed E-state index contributed by atoms with van der Waals surface area (Å²) in [6.07, 6.45) is 6.63. The molecule has 112 valence electrons. The van der Waals surface area contributed by atoms with Gasteiger partial charge in [0.25, 0.3) is 0 Å². The van der Waals surface area contributed by atoms with E-state index in [9.17, 15) is 0 Å². The number of fused-ring (bicyclic) bond motifs is 1. The number of aryl methyl sites for hydroxylation is 1. The topological polar surface area (TPSA) is 53.1 Å². The molecule has 21 heavy (non-hydrogen) atoms. The maximum absolute atomic E-state index is 6.30. The van der Waals surface area contributed by atoms with Crippen molar-refractivity contribution in [2.24, 2.45) is 5.73 Å². The first-order chi connectivity index (χ1) is 10.2. The van der Waals surface area contributed by atoms with Crippen LogP contribution in [0.15, 0.2) is 30.6 Å². The number of hydrogen-bond acceptors (Lipinski definition) is 3. The summed E-state index contributed by atoms with van der Waals surface area (Å²) in [7, 11) is 1.69. The Morgan fingerprint density at radius 2 is 2.10 bits per heavy atom. The Labute approximate surface area is 125 Å². The van der Waals surface area contributed by atoms with E-state index in [2.05, 4.69) is 28.6 Å². The molecule has 2 unspecified atom stereocenters. The van der Waals surface area contributed by atoms with E-state index in [1.54, 1.807) is 7.11 Å². The van der Waals surface area contributed by atoms with Gasteiger partial charge in [-0.05, 0) is 50.3 Å². The van der Waals surface area contributed by atoms with Crippen LogP contribution in [0.3, 0.4) is 0 Å². The zero-order chi connectivity index (χ0) is 14.8. The van der Waals surface area contributed by atoms with Gasteiger partial charge < -0.3 is 15.0 Å². The largest absolute Gasteiger partial charge is 0.497 e. The van der Waals surface area contributed by atoms with Crippen LogP contribution in [0, 0.1) is 0 Å². The molecular formula is C17H23N3O. The van der Waals surface area contributed by atoms with E-state index in [0.717, 1.165) is 18.6 Å². The molecule has 1 aromatic carbocycles. The molecule has 3 rings (SSSR count). The smallest absolute Gasteiger partial charge is 0.119 e. The van der Waals surface area contributed by atoms with Crippen molar-refractivity contribution in [1.29, 1.82) is 0 Å². The molecule has 1 aliphatic carbocycles. The van der Waals surface area contributed by atoms with Crippen molar-refractivity contribution in [2.75, 3.05) is 7.11 Å². The van der Waals surface area contributed by atoms with Crippen LogP contribution >= 0.6 is 0 Å². The van der Waals surface area contributed by atoms with Gasteiger partial charge in [0.15, 0.2) is 0 Å². The first kappa shape index (κ1) is 14.1. The lowest BCUT2D eigenvalue weighted by Gasteiger charge is -2.26. The highest BCUT2D eigenvalue weighted by atomic mass is 16.5. The Bertz CT molecular complexity index is 618. The summed E-state index contributed by atoms with van der Waals surface area (Å²) >= 11 is 0. The maximum atomic E-state index is 6.30. The van der Waals surface area contributed by atoms with Crippen LogP contribution in [0.25, 0.3) is 0 Å². The van der Waals surface area contributed by atoms with E-state index in [0.29, 0.717) is 0 Å². The molecule has 0 saturated carbocycles. The monoisotopic (exact) mass is 285 g/mol. The number of ether oxygens (including phenoxy) is 1. The number of rotatable bonds is 4. The molecule has 0 spiro atoms. The molecule has 4 nitrogen and oxygen atoms in total. The van der Waals surface area contributed by atoms with E-state index in [1.807, 2.05) is 18.5 Å². The van der Waals surface area contributed by atoms with Crippen LogP contribution in [0.5, 0.6) is 5.75 Å². The van der Waals surface area contributed by atoms with Crippen LogP contribution in [-0.4, -0.2) is 22.7 Å². The molecule has 0 bridgehead atoms. The van der Waals surface area contributed by atoms with Gasteiger partial charge in [0, 0.05) is 11.7 Å². The number of imidazole rings is 1. The minimum Gasteiger partial charge on any atom is -0.497 e. The lowest BCUT2D eigenvalue weighted by Crippen LogP contribution is -2.31.